The van der Waals surface area contributed by atoms with E-state index in [9.17, 15) is 5.11 Å². The summed E-state index contributed by atoms with van der Waals surface area (Å²) in [5.74, 6) is 1.96. The van der Waals surface area contributed by atoms with Gasteiger partial charge in [0, 0.05) is 31.3 Å². The Morgan fingerprint density at radius 3 is 2.86 bits per heavy atom. The molecule has 0 amide bonds. The summed E-state index contributed by atoms with van der Waals surface area (Å²) in [6.07, 6.45) is 5.74. The third-order valence-corrected chi connectivity index (χ3v) is 4.34. The summed E-state index contributed by atoms with van der Waals surface area (Å²) in [6, 6.07) is 1.93. The van der Waals surface area contributed by atoms with E-state index < -0.39 is 0 Å². The van der Waals surface area contributed by atoms with E-state index in [2.05, 4.69) is 15.0 Å². The summed E-state index contributed by atoms with van der Waals surface area (Å²) in [5.41, 5.74) is 2.87. The van der Waals surface area contributed by atoms with Crippen molar-refractivity contribution in [3.05, 3.63) is 23.7 Å². The van der Waals surface area contributed by atoms with Gasteiger partial charge in [0.25, 0.3) is 0 Å². The number of aliphatic hydroxyl groups is 1. The molecule has 2 fully saturated rings. The lowest BCUT2D eigenvalue weighted by molar-refractivity contribution is 0.153. The molecule has 6 nitrogen and oxygen atoms in total. The van der Waals surface area contributed by atoms with Crippen molar-refractivity contribution in [2.24, 2.45) is 0 Å². The van der Waals surface area contributed by atoms with E-state index in [1.54, 1.807) is 0 Å². The van der Waals surface area contributed by atoms with Crippen molar-refractivity contribution in [3.8, 4) is 11.3 Å². The first-order valence-corrected chi connectivity index (χ1v) is 7.94. The van der Waals surface area contributed by atoms with E-state index in [-0.39, 0.29) is 6.10 Å². The molecule has 6 heteroatoms. The first kappa shape index (κ1) is 13.7. The fourth-order valence-electron chi connectivity index (χ4n) is 3.02. The molecule has 0 aromatic carbocycles. The quantitative estimate of drug-likeness (QED) is 0.937. The predicted molar refractivity (Wildman–Crippen MR) is 81.7 cm³/mol. The summed E-state index contributed by atoms with van der Waals surface area (Å²) in [5, 5.41) is 13.8. The van der Waals surface area contributed by atoms with Crippen molar-refractivity contribution in [1.82, 2.24) is 15.1 Å². The van der Waals surface area contributed by atoms with Gasteiger partial charge in [-0.3, -0.25) is 0 Å². The van der Waals surface area contributed by atoms with Crippen molar-refractivity contribution in [1.29, 1.82) is 0 Å². The second-order valence-corrected chi connectivity index (χ2v) is 6.32. The first-order valence-electron chi connectivity index (χ1n) is 7.94. The highest BCUT2D eigenvalue weighted by atomic mass is 16.5. The number of hydrogen-bond donors (Lipinski definition) is 1. The van der Waals surface area contributed by atoms with Gasteiger partial charge in [0.1, 0.15) is 0 Å². The van der Waals surface area contributed by atoms with Crippen LogP contribution in [0.2, 0.25) is 0 Å². The van der Waals surface area contributed by atoms with Gasteiger partial charge >= 0.3 is 0 Å². The third-order valence-electron chi connectivity index (χ3n) is 4.34. The maximum absolute atomic E-state index is 9.85. The first-order chi connectivity index (χ1) is 10.7. The molecule has 2 aliphatic rings. The molecule has 116 valence electrons. The van der Waals surface area contributed by atoms with Crippen LogP contribution in [0.4, 0.5) is 5.95 Å². The Kier molecular flexibility index (Phi) is 3.33. The molecule has 1 aliphatic heterocycles. The number of nitrogens with zero attached hydrogens (tertiary/aromatic N) is 4. The van der Waals surface area contributed by atoms with Gasteiger partial charge in [-0.15, -0.1) is 0 Å². The lowest BCUT2D eigenvalue weighted by Crippen LogP contribution is -2.39. The van der Waals surface area contributed by atoms with Crippen LogP contribution in [0, 0.1) is 6.92 Å². The van der Waals surface area contributed by atoms with Crippen LogP contribution in [0.1, 0.15) is 43.0 Å². The molecule has 22 heavy (non-hydrogen) atoms. The van der Waals surface area contributed by atoms with Crippen LogP contribution in [-0.2, 0) is 0 Å². The second kappa shape index (κ2) is 5.35. The Morgan fingerprint density at radius 2 is 2.18 bits per heavy atom. The van der Waals surface area contributed by atoms with Crippen LogP contribution in [-0.4, -0.2) is 39.4 Å². The Labute approximate surface area is 129 Å². The fourth-order valence-corrected chi connectivity index (χ4v) is 3.02. The lowest BCUT2D eigenvalue weighted by atomic mass is 10.1. The molecule has 1 saturated heterocycles. The maximum atomic E-state index is 9.85. The van der Waals surface area contributed by atoms with Gasteiger partial charge in [-0.2, -0.15) is 0 Å². The molecule has 1 N–H and O–H groups in total. The number of piperidine rings is 1. The molecule has 0 unspecified atom stereocenters. The van der Waals surface area contributed by atoms with Crippen molar-refractivity contribution >= 4 is 5.95 Å². The molecule has 2 aromatic rings. The number of hydrogen-bond acceptors (Lipinski definition) is 6. The van der Waals surface area contributed by atoms with Gasteiger partial charge in [-0.25, -0.2) is 9.97 Å². The van der Waals surface area contributed by atoms with E-state index >= 15 is 0 Å². The van der Waals surface area contributed by atoms with Crippen LogP contribution in [0.15, 0.2) is 16.8 Å². The fraction of sp³-hybridized carbons (Fsp3) is 0.562. The summed E-state index contributed by atoms with van der Waals surface area (Å²) in [4.78, 5) is 11.4. The average molecular weight is 300 g/mol. The molecule has 1 atom stereocenters. The van der Waals surface area contributed by atoms with Gasteiger partial charge in [-0.05, 0) is 32.6 Å². The minimum Gasteiger partial charge on any atom is -0.391 e. The van der Waals surface area contributed by atoms with Gasteiger partial charge < -0.3 is 14.5 Å². The van der Waals surface area contributed by atoms with E-state index in [0.717, 1.165) is 48.0 Å². The number of aryl methyl sites for hydroxylation is 1. The average Bonchev–Trinajstić information content (AvgIpc) is 3.28. The molecule has 4 rings (SSSR count). The summed E-state index contributed by atoms with van der Waals surface area (Å²) < 4.78 is 5.39. The highest BCUT2D eigenvalue weighted by molar-refractivity contribution is 5.62. The number of anilines is 1. The highest BCUT2D eigenvalue weighted by Gasteiger charge is 2.31. The minimum absolute atomic E-state index is 0.279. The van der Waals surface area contributed by atoms with Crippen LogP contribution < -0.4 is 4.90 Å². The Hall–Kier alpha value is -1.95. The van der Waals surface area contributed by atoms with Crippen molar-refractivity contribution in [2.75, 3.05) is 18.0 Å². The molecular weight excluding hydrogens is 280 g/mol. The minimum atomic E-state index is -0.279. The summed E-state index contributed by atoms with van der Waals surface area (Å²) >= 11 is 0. The highest BCUT2D eigenvalue weighted by Crippen LogP contribution is 2.43. The molecule has 1 aliphatic carbocycles. The second-order valence-electron chi connectivity index (χ2n) is 6.32. The van der Waals surface area contributed by atoms with Crippen LogP contribution in [0.3, 0.4) is 0 Å². The zero-order chi connectivity index (χ0) is 15.1. The van der Waals surface area contributed by atoms with Crippen LogP contribution in [0.25, 0.3) is 11.3 Å². The van der Waals surface area contributed by atoms with Crippen LogP contribution >= 0.6 is 0 Å². The largest absolute Gasteiger partial charge is 0.391 e. The topological polar surface area (TPSA) is 75.3 Å². The standard InChI is InChI=1S/C16H20N4O2/c1-10-7-14(22-19-10)13-8-17-16(18-15(13)11-4-5-11)20-6-2-3-12(21)9-20/h7-8,11-12,21H,2-6,9H2,1H3/t12-/m0/s1. The summed E-state index contributed by atoms with van der Waals surface area (Å²) in [6.45, 7) is 3.43. The monoisotopic (exact) mass is 300 g/mol. The normalized spacial score (nSPS) is 22.1. The van der Waals surface area contributed by atoms with Gasteiger partial charge in [-0.1, -0.05) is 5.16 Å². The number of aromatic nitrogens is 3. The van der Waals surface area contributed by atoms with E-state index in [4.69, 9.17) is 9.51 Å². The zero-order valence-electron chi connectivity index (χ0n) is 12.7. The predicted octanol–water partition coefficient (Wildman–Crippen LogP) is 2.28. The molecule has 2 aromatic heterocycles. The number of rotatable bonds is 3. The molecule has 0 bridgehead atoms. The van der Waals surface area contributed by atoms with Gasteiger partial charge in [0.05, 0.1) is 23.1 Å². The Morgan fingerprint density at radius 1 is 1.32 bits per heavy atom. The molecule has 0 spiro atoms. The Bertz CT molecular complexity index is 681. The molecule has 0 radical (unpaired) electrons. The van der Waals surface area contributed by atoms with E-state index in [1.807, 2.05) is 19.2 Å². The molecule has 3 heterocycles. The van der Waals surface area contributed by atoms with Crippen LogP contribution in [0.5, 0.6) is 0 Å². The smallest absolute Gasteiger partial charge is 0.225 e. The summed E-state index contributed by atoms with van der Waals surface area (Å²) in [7, 11) is 0. The number of β-amino-alcohol motifs (C(OH)–C–C–N with tert-alkyl or cyclic N) is 1. The lowest BCUT2D eigenvalue weighted by Gasteiger charge is -2.30. The van der Waals surface area contributed by atoms with Crippen molar-refractivity contribution in [3.63, 3.8) is 0 Å². The van der Waals surface area contributed by atoms with Crippen molar-refractivity contribution in [2.45, 2.75) is 44.6 Å². The number of aliphatic hydroxyl groups excluding tert-OH is 1. The van der Waals surface area contributed by atoms with Gasteiger partial charge in [0.2, 0.25) is 5.95 Å². The SMILES string of the molecule is Cc1cc(-c2cnc(N3CCC[C@H](O)C3)nc2C2CC2)on1. The van der Waals surface area contributed by atoms with Gasteiger partial charge in [0.15, 0.2) is 5.76 Å². The molecular formula is C16H20N4O2. The maximum Gasteiger partial charge on any atom is 0.225 e. The van der Waals surface area contributed by atoms with E-state index in [1.165, 1.54) is 12.8 Å². The Balaban J connectivity index is 1.69. The third kappa shape index (κ3) is 2.59. The zero-order valence-corrected chi connectivity index (χ0v) is 12.7. The molecule has 1 saturated carbocycles. The van der Waals surface area contributed by atoms with E-state index in [0.29, 0.717) is 12.5 Å². The van der Waals surface area contributed by atoms with Crippen molar-refractivity contribution < 1.29 is 9.63 Å².